The van der Waals surface area contributed by atoms with Gasteiger partial charge in [0.2, 0.25) is 0 Å². The summed E-state index contributed by atoms with van der Waals surface area (Å²) in [6.07, 6.45) is 1.01. The van der Waals surface area contributed by atoms with Gasteiger partial charge in [-0.25, -0.2) is 4.68 Å². The van der Waals surface area contributed by atoms with Crippen LogP contribution in [0.15, 0.2) is 24.3 Å². The molecule has 0 radical (unpaired) electrons. The van der Waals surface area contributed by atoms with Crippen LogP contribution >= 0.6 is 0 Å². The highest BCUT2D eigenvalue weighted by Crippen LogP contribution is 2.18. The van der Waals surface area contributed by atoms with Gasteiger partial charge in [-0.05, 0) is 58.4 Å². The number of morpholine rings is 1. The molecule has 1 fully saturated rings. The summed E-state index contributed by atoms with van der Waals surface area (Å²) in [7, 11) is 0. The van der Waals surface area contributed by atoms with Crippen molar-refractivity contribution >= 4 is 5.91 Å². The first kappa shape index (κ1) is 21.3. The van der Waals surface area contributed by atoms with Crippen LogP contribution in [0.25, 0.3) is 5.69 Å². The minimum Gasteiger partial charge on any atom is -0.491 e. The Morgan fingerprint density at radius 3 is 2.55 bits per heavy atom. The smallest absolute Gasteiger partial charge is 0.273 e. The van der Waals surface area contributed by atoms with E-state index in [9.17, 15) is 4.79 Å². The number of hydrogen-bond donors (Lipinski definition) is 1. The molecule has 1 atom stereocenters. The van der Waals surface area contributed by atoms with Gasteiger partial charge in [0.25, 0.3) is 5.91 Å². The molecule has 158 valence electrons. The zero-order valence-corrected chi connectivity index (χ0v) is 17.7. The lowest BCUT2D eigenvalue weighted by Gasteiger charge is -2.27. The van der Waals surface area contributed by atoms with Crippen molar-refractivity contribution in [3.05, 3.63) is 35.7 Å². The highest BCUT2D eigenvalue weighted by molar-refractivity contribution is 5.93. The predicted octanol–water partition coefficient (Wildman–Crippen LogP) is 2.20. The summed E-state index contributed by atoms with van der Waals surface area (Å²) in [5, 5.41) is 11.3. The third-order valence-corrected chi connectivity index (χ3v) is 4.92. The van der Waals surface area contributed by atoms with Gasteiger partial charge in [-0.15, -0.1) is 5.10 Å². The molecule has 0 aliphatic carbocycles. The molecule has 1 aliphatic heterocycles. The van der Waals surface area contributed by atoms with E-state index < -0.39 is 0 Å². The third-order valence-electron chi connectivity index (χ3n) is 4.92. The Balaban J connectivity index is 1.58. The monoisotopic (exact) mass is 401 g/mol. The Morgan fingerprint density at radius 1 is 1.21 bits per heavy atom. The van der Waals surface area contributed by atoms with Crippen LogP contribution in [0.4, 0.5) is 0 Å². The van der Waals surface area contributed by atoms with Crippen molar-refractivity contribution in [2.24, 2.45) is 0 Å². The molecule has 2 aromatic rings. The Hall–Kier alpha value is -2.45. The largest absolute Gasteiger partial charge is 0.491 e. The summed E-state index contributed by atoms with van der Waals surface area (Å²) < 4.78 is 12.7. The standard InChI is InChI=1S/C21H31N5O3/c1-15(2)29-19-7-5-18(6-8-19)26-17(4)20(23-24-26)21(27)22-16(3)9-10-25-11-13-28-14-12-25/h5-8,15-16H,9-14H2,1-4H3,(H,22,27). The second-order valence-electron chi connectivity index (χ2n) is 7.71. The van der Waals surface area contributed by atoms with Crippen molar-refractivity contribution in [2.75, 3.05) is 32.8 Å². The number of carbonyl (C=O) groups is 1. The zero-order valence-electron chi connectivity index (χ0n) is 17.7. The number of ether oxygens (including phenoxy) is 2. The fourth-order valence-electron chi connectivity index (χ4n) is 3.29. The molecule has 0 saturated carbocycles. The van der Waals surface area contributed by atoms with Crippen molar-refractivity contribution in [1.82, 2.24) is 25.2 Å². The summed E-state index contributed by atoms with van der Waals surface area (Å²) >= 11 is 0. The fraction of sp³-hybridized carbons (Fsp3) is 0.571. The number of hydrogen-bond acceptors (Lipinski definition) is 6. The molecule has 1 aromatic heterocycles. The predicted molar refractivity (Wildman–Crippen MR) is 111 cm³/mol. The van der Waals surface area contributed by atoms with Gasteiger partial charge in [-0.1, -0.05) is 5.21 Å². The molecule has 1 N–H and O–H groups in total. The maximum Gasteiger partial charge on any atom is 0.273 e. The molecule has 0 bridgehead atoms. The van der Waals surface area contributed by atoms with Crippen molar-refractivity contribution in [3.63, 3.8) is 0 Å². The van der Waals surface area contributed by atoms with E-state index >= 15 is 0 Å². The van der Waals surface area contributed by atoms with Crippen LogP contribution in [0, 0.1) is 6.92 Å². The van der Waals surface area contributed by atoms with Gasteiger partial charge in [0.15, 0.2) is 5.69 Å². The van der Waals surface area contributed by atoms with E-state index in [1.807, 2.05) is 52.0 Å². The molecule has 1 amide bonds. The number of benzene rings is 1. The van der Waals surface area contributed by atoms with E-state index in [0.29, 0.717) is 11.4 Å². The molecule has 2 heterocycles. The highest BCUT2D eigenvalue weighted by atomic mass is 16.5. The lowest BCUT2D eigenvalue weighted by Crippen LogP contribution is -2.40. The molecule has 1 unspecified atom stereocenters. The second kappa shape index (κ2) is 9.84. The van der Waals surface area contributed by atoms with Gasteiger partial charge in [0.05, 0.1) is 30.7 Å². The van der Waals surface area contributed by atoms with Crippen molar-refractivity contribution in [2.45, 2.75) is 46.3 Å². The average Bonchev–Trinajstić information content (AvgIpc) is 3.09. The molecule has 8 nitrogen and oxygen atoms in total. The summed E-state index contributed by atoms with van der Waals surface area (Å²) in [4.78, 5) is 15.0. The van der Waals surface area contributed by atoms with Crippen LogP contribution < -0.4 is 10.1 Å². The van der Waals surface area contributed by atoms with E-state index in [1.165, 1.54) is 0 Å². The Bertz CT molecular complexity index is 797. The molecule has 0 spiro atoms. The van der Waals surface area contributed by atoms with E-state index in [0.717, 1.165) is 50.7 Å². The number of nitrogens with zero attached hydrogens (tertiary/aromatic N) is 4. The summed E-state index contributed by atoms with van der Waals surface area (Å²) in [6.45, 7) is 12.3. The molecule has 1 saturated heterocycles. The normalized spacial score (nSPS) is 16.0. The third kappa shape index (κ3) is 5.77. The molecule has 8 heteroatoms. The number of aromatic nitrogens is 3. The average molecular weight is 402 g/mol. The minimum atomic E-state index is -0.192. The van der Waals surface area contributed by atoms with Gasteiger partial charge >= 0.3 is 0 Å². The lowest BCUT2D eigenvalue weighted by atomic mass is 10.2. The van der Waals surface area contributed by atoms with E-state index in [1.54, 1.807) is 4.68 Å². The van der Waals surface area contributed by atoms with E-state index in [4.69, 9.17) is 9.47 Å². The van der Waals surface area contributed by atoms with Crippen LogP contribution in [0.1, 0.15) is 43.4 Å². The van der Waals surface area contributed by atoms with Crippen LogP contribution in [-0.4, -0.2) is 70.8 Å². The zero-order chi connectivity index (χ0) is 20.8. The minimum absolute atomic E-state index is 0.0577. The van der Waals surface area contributed by atoms with E-state index in [-0.39, 0.29) is 18.1 Å². The lowest BCUT2D eigenvalue weighted by molar-refractivity contribution is 0.0363. The summed E-state index contributed by atoms with van der Waals surface area (Å²) in [6, 6.07) is 7.66. The molecule has 3 rings (SSSR count). The number of carbonyl (C=O) groups excluding carboxylic acids is 1. The first-order chi connectivity index (χ1) is 13.9. The van der Waals surface area contributed by atoms with Crippen molar-refractivity contribution in [1.29, 1.82) is 0 Å². The van der Waals surface area contributed by atoms with Gasteiger partial charge in [0.1, 0.15) is 5.75 Å². The summed E-state index contributed by atoms with van der Waals surface area (Å²) in [5.41, 5.74) is 1.90. The number of amides is 1. The molecule has 1 aliphatic rings. The van der Waals surface area contributed by atoms with Crippen LogP contribution in [-0.2, 0) is 4.74 Å². The Kier molecular flexibility index (Phi) is 7.22. The maximum atomic E-state index is 12.7. The topological polar surface area (TPSA) is 81.5 Å². The Morgan fingerprint density at radius 2 is 1.90 bits per heavy atom. The highest BCUT2D eigenvalue weighted by Gasteiger charge is 2.20. The molecule has 1 aromatic carbocycles. The van der Waals surface area contributed by atoms with Crippen LogP contribution in [0.3, 0.4) is 0 Å². The quantitative estimate of drug-likeness (QED) is 0.730. The van der Waals surface area contributed by atoms with Crippen LogP contribution in [0.2, 0.25) is 0 Å². The number of rotatable bonds is 8. The second-order valence-corrected chi connectivity index (χ2v) is 7.71. The van der Waals surface area contributed by atoms with E-state index in [2.05, 4.69) is 20.5 Å². The van der Waals surface area contributed by atoms with Gasteiger partial charge < -0.3 is 14.8 Å². The molecular formula is C21H31N5O3. The Labute approximate surface area is 172 Å². The summed E-state index contributed by atoms with van der Waals surface area (Å²) in [5.74, 6) is 0.608. The van der Waals surface area contributed by atoms with Gasteiger partial charge in [0, 0.05) is 25.7 Å². The number of nitrogens with one attached hydrogen (secondary N) is 1. The first-order valence-corrected chi connectivity index (χ1v) is 10.2. The van der Waals surface area contributed by atoms with Gasteiger partial charge in [-0.2, -0.15) is 0 Å². The van der Waals surface area contributed by atoms with Crippen LogP contribution in [0.5, 0.6) is 5.75 Å². The molecule has 29 heavy (non-hydrogen) atoms. The van der Waals surface area contributed by atoms with Gasteiger partial charge in [-0.3, -0.25) is 9.69 Å². The molecular weight excluding hydrogens is 370 g/mol. The maximum absolute atomic E-state index is 12.7. The SMILES string of the molecule is Cc1c(C(=O)NC(C)CCN2CCOCC2)nnn1-c1ccc(OC(C)C)cc1. The van der Waals surface area contributed by atoms with Crippen molar-refractivity contribution < 1.29 is 14.3 Å². The first-order valence-electron chi connectivity index (χ1n) is 10.2. The fourth-order valence-corrected chi connectivity index (χ4v) is 3.29. The van der Waals surface area contributed by atoms with Crippen molar-refractivity contribution in [3.8, 4) is 11.4 Å².